The summed E-state index contributed by atoms with van der Waals surface area (Å²) >= 11 is 0. The highest BCUT2D eigenvalue weighted by molar-refractivity contribution is 5.80. The average molecular weight is 289 g/mol. The van der Waals surface area contributed by atoms with Gasteiger partial charge >= 0.3 is 11.9 Å². The molecule has 0 aliphatic rings. The van der Waals surface area contributed by atoms with Crippen molar-refractivity contribution in [2.75, 3.05) is 13.1 Å². The summed E-state index contributed by atoms with van der Waals surface area (Å²) in [4.78, 5) is 22.0. The molecule has 0 bridgehead atoms. The van der Waals surface area contributed by atoms with Gasteiger partial charge in [-0.15, -0.1) is 0 Å². The summed E-state index contributed by atoms with van der Waals surface area (Å²) in [5.41, 5.74) is 0. The lowest BCUT2D eigenvalue weighted by molar-refractivity contribution is -0.156. The van der Waals surface area contributed by atoms with Crippen LogP contribution < -0.4 is 5.32 Å². The molecule has 0 spiro atoms. The first-order valence-corrected chi connectivity index (χ1v) is 7.35. The minimum atomic E-state index is -1.02. The van der Waals surface area contributed by atoms with Crippen LogP contribution in [0.25, 0.3) is 0 Å². The van der Waals surface area contributed by atoms with E-state index in [1.54, 1.807) is 13.8 Å². The van der Waals surface area contributed by atoms with E-state index < -0.39 is 23.8 Å². The molecule has 2 unspecified atom stereocenters. The number of carbonyl (C=O) groups is 2. The van der Waals surface area contributed by atoms with Gasteiger partial charge in [-0.25, -0.2) is 0 Å². The van der Waals surface area contributed by atoms with E-state index in [-0.39, 0.29) is 11.8 Å². The zero-order valence-electron chi connectivity index (χ0n) is 13.6. The largest absolute Gasteiger partial charge is 0.481 e. The Bertz CT molecular complexity index is 275. The molecule has 0 aliphatic heterocycles. The van der Waals surface area contributed by atoms with Crippen LogP contribution in [0, 0.1) is 23.7 Å². The third kappa shape index (κ3) is 9.78. The molecule has 0 radical (unpaired) electrons. The van der Waals surface area contributed by atoms with Crippen LogP contribution in [0.1, 0.15) is 48.0 Å². The van der Waals surface area contributed by atoms with Crippen molar-refractivity contribution in [2.45, 2.75) is 48.0 Å². The van der Waals surface area contributed by atoms with E-state index in [4.69, 9.17) is 10.2 Å². The van der Waals surface area contributed by atoms with Gasteiger partial charge in [0.15, 0.2) is 0 Å². The second-order valence-electron chi connectivity index (χ2n) is 5.64. The van der Waals surface area contributed by atoms with E-state index in [0.29, 0.717) is 6.42 Å². The van der Waals surface area contributed by atoms with Crippen LogP contribution in [0.2, 0.25) is 0 Å². The van der Waals surface area contributed by atoms with Crippen molar-refractivity contribution >= 4 is 11.9 Å². The van der Waals surface area contributed by atoms with Crippen LogP contribution >= 0.6 is 0 Å². The summed E-state index contributed by atoms with van der Waals surface area (Å²) in [6, 6.07) is 0. The van der Waals surface area contributed by atoms with Gasteiger partial charge in [0.2, 0.25) is 0 Å². The topological polar surface area (TPSA) is 86.6 Å². The van der Waals surface area contributed by atoms with Crippen molar-refractivity contribution in [1.82, 2.24) is 5.32 Å². The average Bonchev–Trinajstić information content (AvgIpc) is 2.28. The Morgan fingerprint density at radius 3 is 1.55 bits per heavy atom. The summed E-state index contributed by atoms with van der Waals surface area (Å²) in [7, 11) is 0. The fraction of sp³-hybridized carbons (Fsp3) is 0.867. The van der Waals surface area contributed by atoms with Crippen molar-refractivity contribution in [3.8, 4) is 0 Å². The Morgan fingerprint density at radius 2 is 1.40 bits per heavy atom. The predicted octanol–water partition coefficient (Wildman–Crippen LogP) is 2.71. The van der Waals surface area contributed by atoms with Gasteiger partial charge in [0, 0.05) is 0 Å². The quantitative estimate of drug-likeness (QED) is 0.639. The Balaban J connectivity index is 0. The molecule has 0 saturated carbocycles. The van der Waals surface area contributed by atoms with Gasteiger partial charge in [-0.2, -0.15) is 0 Å². The normalized spacial score (nSPS) is 13.6. The van der Waals surface area contributed by atoms with E-state index in [9.17, 15) is 9.59 Å². The van der Waals surface area contributed by atoms with Gasteiger partial charge in [0.1, 0.15) is 0 Å². The first kappa shape index (κ1) is 21.2. The van der Waals surface area contributed by atoms with Gasteiger partial charge in [-0.05, 0) is 31.3 Å². The van der Waals surface area contributed by atoms with Gasteiger partial charge in [-0.3, -0.25) is 9.59 Å². The van der Waals surface area contributed by atoms with Gasteiger partial charge in [0.05, 0.1) is 11.8 Å². The summed E-state index contributed by atoms with van der Waals surface area (Å²) in [5, 5.41) is 21.2. The molecule has 0 saturated heterocycles. The van der Waals surface area contributed by atoms with Gasteiger partial charge in [0.25, 0.3) is 0 Å². The van der Waals surface area contributed by atoms with Crippen LogP contribution in [-0.4, -0.2) is 35.2 Å². The van der Waals surface area contributed by atoms with Crippen molar-refractivity contribution in [1.29, 1.82) is 0 Å². The zero-order chi connectivity index (χ0) is 16.3. The van der Waals surface area contributed by atoms with E-state index >= 15 is 0 Å². The molecule has 2 atom stereocenters. The Hall–Kier alpha value is -1.10. The summed E-state index contributed by atoms with van der Waals surface area (Å²) in [6.45, 7) is 13.7. The number of hydrogen-bond acceptors (Lipinski definition) is 3. The van der Waals surface area contributed by atoms with Crippen molar-refractivity contribution in [3.63, 3.8) is 0 Å². The van der Waals surface area contributed by atoms with E-state index in [1.807, 2.05) is 13.8 Å². The minimum absolute atomic E-state index is 0.164. The van der Waals surface area contributed by atoms with Crippen LogP contribution in [0.5, 0.6) is 0 Å². The van der Waals surface area contributed by atoms with Gasteiger partial charge < -0.3 is 15.5 Å². The maximum atomic E-state index is 11.0. The summed E-state index contributed by atoms with van der Waals surface area (Å²) < 4.78 is 0. The molecule has 5 nitrogen and oxygen atoms in total. The predicted molar refractivity (Wildman–Crippen MR) is 80.8 cm³/mol. The molecule has 120 valence electrons. The molecule has 0 heterocycles. The zero-order valence-corrected chi connectivity index (χ0v) is 13.6. The minimum Gasteiger partial charge on any atom is -0.481 e. The van der Waals surface area contributed by atoms with Crippen LogP contribution in [0.15, 0.2) is 0 Å². The highest BCUT2D eigenvalue weighted by atomic mass is 16.4. The van der Waals surface area contributed by atoms with Crippen LogP contribution in [-0.2, 0) is 9.59 Å². The van der Waals surface area contributed by atoms with Crippen LogP contribution in [0.3, 0.4) is 0 Å². The van der Waals surface area contributed by atoms with E-state index in [0.717, 1.165) is 13.1 Å². The van der Waals surface area contributed by atoms with Gasteiger partial charge in [-0.1, -0.05) is 41.5 Å². The third-order valence-electron chi connectivity index (χ3n) is 2.98. The number of carboxylic acid groups (broad SMARTS) is 2. The van der Waals surface area contributed by atoms with Crippen molar-refractivity contribution < 1.29 is 19.8 Å². The number of rotatable bonds is 8. The molecular formula is C15H31NO4. The third-order valence-corrected chi connectivity index (χ3v) is 2.98. The molecule has 0 aromatic carbocycles. The molecule has 20 heavy (non-hydrogen) atoms. The highest BCUT2D eigenvalue weighted by Crippen LogP contribution is 2.27. The smallest absolute Gasteiger partial charge is 0.307 e. The van der Waals surface area contributed by atoms with Crippen molar-refractivity contribution in [3.05, 3.63) is 0 Å². The number of aliphatic carboxylic acids is 2. The number of hydrogen-bond donors (Lipinski definition) is 3. The first-order chi connectivity index (χ1) is 9.18. The Labute approximate surface area is 122 Å². The first-order valence-electron chi connectivity index (χ1n) is 7.35. The Morgan fingerprint density at radius 1 is 0.950 bits per heavy atom. The maximum absolute atomic E-state index is 11.0. The van der Waals surface area contributed by atoms with E-state index in [1.165, 1.54) is 0 Å². The maximum Gasteiger partial charge on any atom is 0.307 e. The Kier molecular flexibility index (Phi) is 12.4. The lowest BCUT2D eigenvalue weighted by Crippen LogP contribution is -2.34. The van der Waals surface area contributed by atoms with E-state index in [2.05, 4.69) is 19.2 Å². The molecular weight excluding hydrogens is 258 g/mol. The number of nitrogens with one attached hydrogen (secondary N) is 1. The molecule has 0 aromatic rings. The molecule has 5 heteroatoms. The molecule has 0 aromatic heterocycles. The van der Waals surface area contributed by atoms with Crippen molar-refractivity contribution in [2.24, 2.45) is 23.7 Å². The fourth-order valence-corrected chi connectivity index (χ4v) is 2.08. The number of carboxylic acids is 2. The molecule has 0 aliphatic carbocycles. The molecule has 0 fully saturated rings. The lowest BCUT2D eigenvalue weighted by atomic mass is 9.79. The molecule has 3 N–H and O–H groups in total. The monoisotopic (exact) mass is 289 g/mol. The molecule has 0 amide bonds. The molecule has 0 rings (SSSR count). The fourth-order valence-electron chi connectivity index (χ4n) is 2.08. The van der Waals surface area contributed by atoms with Crippen LogP contribution in [0.4, 0.5) is 0 Å². The summed E-state index contributed by atoms with van der Waals surface area (Å²) in [5.74, 6) is -3.59. The standard InChI is InChI=1S/C11H20O4.C4H11N/c1-6(2)5-8(10(12)13)9(7(3)4)11(14)15;1-3-5-4-2/h6-9H,5H2,1-4H3,(H,12,13)(H,14,15);5H,3-4H2,1-2H3. The second kappa shape index (κ2) is 11.7. The second-order valence-corrected chi connectivity index (χ2v) is 5.64. The SMILES string of the molecule is CC(C)CC(C(=O)O)C(C(=O)O)C(C)C.CCNCC. The lowest BCUT2D eigenvalue weighted by Gasteiger charge is -2.24. The highest BCUT2D eigenvalue weighted by Gasteiger charge is 2.36. The summed E-state index contributed by atoms with van der Waals surface area (Å²) in [6.07, 6.45) is 0.407.